The van der Waals surface area contributed by atoms with Crippen LogP contribution >= 0.6 is 23.4 Å². The molecule has 1 unspecified atom stereocenters. The minimum atomic E-state index is 0.000802. The van der Waals surface area contributed by atoms with Crippen LogP contribution in [0.5, 0.6) is 0 Å². The van der Waals surface area contributed by atoms with Gasteiger partial charge in [-0.1, -0.05) is 37.6 Å². The van der Waals surface area contributed by atoms with Gasteiger partial charge in [-0.25, -0.2) is 0 Å². The van der Waals surface area contributed by atoms with Crippen LogP contribution in [0.15, 0.2) is 24.3 Å². The fourth-order valence-corrected chi connectivity index (χ4v) is 2.44. The van der Waals surface area contributed by atoms with Gasteiger partial charge in [0.15, 0.2) is 5.78 Å². The van der Waals surface area contributed by atoms with Crippen LogP contribution in [0.25, 0.3) is 0 Å². The predicted molar refractivity (Wildman–Crippen MR) is 72.5 cm³/mol. The highest BCUT2D eigenvalue weighted by molar-refractivity contribution is 8.00. The Hall–Kier alpha value is -0.470. The van der Waals surface area contributed by atoms with E-state index in [1.54, 1.807) is 23.9 Å². The van der Waals surface area contributed by atoms with Crippen LogP contribution in [-0.2, 0) is 0 Å². The zero-order chi connectivity index (χ0) is 12.1. The topological polar surface area (TPSA) is 17.1 Å². The van der Waals surface area contributed by atoms with E-state index in [9.17, 15) is 4.79 Å². The third-order valence-corrected chi connectivity index (χ3v) is 3.97. The molecule has 0 radical (unpaired) electrons. The van der Waals surface area contributed by atoms with Gasteiger partial charge in [0.25, 0.3) is 0 Å². The predicted octanol–water partition coefficient (Wildman–Crippen LogP) is 4.30. The highest BCUT2D eigenvalue weighted by Crippen LogP contribution is 2.20. The van der Waals surface area contributed by atoms with E-state index in [1.165, 1.54) is 0 Å². The molecule has 1 aromatic carbocycles. The molecule has 88 valence electrons. The summed E-state index contributed by atoms with van der Waals surface area (Å²) in [6.45, 7) is 6.27. The summed E-state index contributed by atoms with van der Waals surface area (Å²) in [5, 5.41) is 0.618. The third kappa shape index (κ3) is 4.18. The molecule has 3 heteroatoms. The smallest absolute Gasteiger partial charge is 0.175 e. The van der Waals surface area contributed by atoms with Gasteiger partial charge < -0.3 is 0 Å². The van der Waals surface area contributed by atoms with Crippen molar-refractivity contribution in [1.82, 2.24) is 0 Å². The molecule has 1 nitrogen and oxygen atoms in total. The first-order valence-corrected chi connectivity index (χ1v) is 6.84. The largest absolute Gasteiger partial charge is 0.293 e. The van der Waals surface area contributed by atoms with Crippen molar-refractivity contribution in [2.45, 2.75) is 26.0 Å². The van der Waals surface area contributed by atoms with E-state index in [4.69, 9.17) is 11.6 Å². The maximum atomic E-state index is 12.0. The molecule has 0 aliphatic rings. The molecule has 1 aromatic rings. The van der Waals surface area contributed by atoms with Crippen molar-refractivity contribution in [3.63, 3.8) is 0 Å². The Labute approximate surface area is 107 Å². The number of rotatable bonds is 5. The quantitative estimate of drug-likeness (QED) is 0.731. The molecule has 0 heterocycles. The van der Waals surface area contributed by atoms with E-state index in [1.807, 2.05) is 19.1 Å². The van der Waals surface area contributed by atoms with E-state index >= 15 is 0 Å². The molecular weight excluding hydrogens is 240 g/mol. The first-order chi connectivity index (χ1) is 7.50. The summed E-state index contributed by atoms with van der Waals surface area (Å²) in [6.07, 6.45) is 0. The van der Waals surface area contributed by atoms with Gasteiger partial charge in [-0.3, -0.25) is 4.79 Å². The molecule has 0 aliphatic heterocycles. The Morgan fingerprint density at radius 3 is 2.62 bits per heavy atom. The molecule has 0 aromatic heterocycles. The van der Waals surface area contributed by atoms with Crippen molar-refractivity contribution in [2.24, 2.45) is 5.92 Å². The number of carbonyl (C=O) groups excluding carboxylic acids is 1. The van der Waals surface area contributed by atoms with Gasteiger partial charge in [0.2, 0.25) is 0 Å². The third-order valence-electron chi connectivity index (χ3n) is 2.16. The normalized spacial score (nSPS) is 12.8. The van der Waals surface area contributed by atoms with Crippen molar-refractivity contribution in [2.75, 3.05) is 5.75 Å². The number of hydrogen-bond acceptors (Lipinski definition) is 2. The summed E-state index contributed by atoms with van der Waals surface area (Å²) >= 11 is 7.56. The minimum Gasteiger partial charge on any atom is -0.293 e. The van der Waals surface area contributed by atoms with E-state index in [0.29, 0.717) is 16.5 Å². The summed E-state index contributed by atoms with van der Waals surface area (Å²) in [4.78, 5) is 12.0. The van der Waals surface area contributed by atoms with Crippen molar-refractivity contribution in [3.8, 4) is 0 Å². The lowest BCUT2D eigenvalue weighted by atomic mass is 10.1. The monoisotopic (exact) mass is 256 g/mol. The van der Waals surface area contributed by atoms with Crippen molar-refractivity contribution >= 4 is 29.1 Å². The van der Waals surface area contributed by atoms with Gasteiger partial charge in [-0.15, -0.1) is 0 Å². The van der Waals surface area contributed by atoms with Crippen LogP contribution in [-0.4, -0.2) is 16.8 Å². The molecule has 0 fully saturated rings. The van der Waals surface area contributed by atoms with Gasteiger partial charge >= 0.3 is 0 Å². The lowest BCUT2D eigenvalue weighted by Crippen LogP contribution is -2.15. The first-order valence-electron chi connectivity index (χ1n) is 5.42. The van der Waals surface area contributed by atoms with Crippen molar-refractivity contribution in [1.29, 1.82) is 0 Å². The zero-order valence-electron chi connectivity index (χ0n) is 9.87. The Bertz CT molecular complexity index is 363. The van der Waals surface area contributed by atoms with Gasteiger partial charge in [0.05, 0.1) is 5.25 Å². The van der Waals surface area contributed by atoms with Crippen molar-refractivity contribution in [3.05, 3.63) is 34.9 Å². The lowest BCUT2D eigenvalue weighted by molar-refractivity contribution is 0.0994. The highest BCUT2D eigenvalue weighted by Gasteiger charge is 2.15. The summed E-state index contributed by atoms with van der Waals surface area (Å²) in [6, 6.07) is 7.15. The standard InChI is InChI=1S/C13H17ClOS/c1-9(2)8-16-10(3)13(15)11-5-4-6-12(14)7-11/h4-7,9-10H,8H2,1-3H3. The van der Waals surface area contributed by atoms with Crippen LogP contribution in [0.2, 0.25) is 5.02 Å². The van der Waals surface area contributed by atoms with E-state index in [-0.39, 0.29) is 11.0 Å². The second-order valence-electron chi connectivity index (χ2n) is 4.24. The molecule has 0 amide bonds. The van der Waals surface area contributed by atoms with E-state index in [0.717, 1.165) is 5.75 Å². The second-order valence-corrected chi connectivity index (χ2v) is 6.05. The molecule has 0 bridgehead atoms. The molecular formula is C13H17ClOS. The summed E-state index contributed by atoms with van der Waals surface area (Å²) in [5.41, 5.74) is 0.705. The van der Waals surface area contributed by atoms with Crippen LogP contribution in [0.1, 0.15) is 31.1 Å². The molecule has 1 rings (SSSR count). The maximum Gasteiger partial charge on any atom is 0.175 e. The lowest BCUT2D eigenvalue weighted by Gasteiger charge is -2.11. The van der Waals surface area contributed by atoms with E-state index < -0.39 is 0 Å². The fourth-order valence-electron chi connectivity index (χ4n) is 1.29. The Morgan fingerprint density at radius 2 is 2.06 bits per heavy atom. The van der Waals surface area contributed by atoms with Gasteiger partial charge in [-0.05, 0) is 30.7 Å². The zero-order valence-corrected chi connectivity index (χ0v) is 11.4. The average molecular weight is 257 g/mol. The molecule has 0 N–H and O–H groups in total. The Morgan fingerprint density at radius 1 is 1.38 bits per heavy atom. The molecule has 0 saturated heterocycles. The SMILES string of the molecule is CC(C)CSC(C)C(=O)c1cccc(Cl)c1. The summed E-state index contributed by atoms with van der Waals surface area (Å²) in [7, 11) is 0. The van der Waals surface area contributed by atoms with Gasteiger partial charge in [-0.2, -0.15) is 11.8 Å². The highest BCUT2D eigenvalue weighted by atomic mass is 35.5. The molecule has 1 atom stereocenters. The van der Waals surface area contributed by atoms with Gasteiger partial charge in [0, 0.05) is 10.6 Å². The number of thioether (sulfide) groups is 1. The minimum absolute atomic E-state index is 0.000802. The summed E-state index contributed by atoms with van der Waals surface area (Å²) in [5.74, 6) is 1.78. The van der Waals surface area contributed by atoms with Gasteiger partial charge in [0.1, 0.15) is 0 Å². The Kier molecular flexibility index (Phi) is 5.36. The van der Waals surface area contributed by atoms with Crippen LogP contribution < -0.4 is 0 Å². The number of carbonyl (C=O) groups is 1. The average Bonchev–Trinajstić information content (AvgIpc) is 2.24. The number of hydrogen-bond donors (Lipinski definition) is 0. The molecule has 0 aliphatic carbocycles. The fraction of sp³-hybridized carbons (Fsp3) is 0.462. The molecule has 0 spiro atoms. The molecule has 16 heavy (non-hydrogen) atoms. The number of ketones is 1. The van der Waals surface area contributed by atoms with Crippen LogP contribution in [0.3, 0.4) is 0 Å². The summed E-state index contributed by atoms with van der Waals surface area (Å²) < 4.78 is 0. The number of benzene rings is 1. The van der Waals surface area contributed by atoms with Crippen LogP contribution in [0.4, 0.5) is 0 Å². The Balaban J connectivity index is 2.63. The second kappa shape index (κ2) is 6.31. The van der Waals surface area contributed by atoms with Crippen LogP contribution in [0, 0.1) is 5.92 Å². The van der Waals surface area contributed by atoms with E-state index in [2.05, 4.69) is 13.8 Å². The number of halogens is 1. The number of Topliss-reactive ketones (excluding diaryl/α,β-unsaturated/α-hetero) is 1. The first kappa shape index (κ1) is 13.6. The maximum absolute atomic E-state index is 12.0. The molecule has 0 saturated carbocycles. The van der Waals surface area contributed by atoms with Crippen molar-refractivity contribution < 1.29 is 4.79 Å².